The fourth-order valence-electron chi connectivity index (χ4n) is 5.03. The van der Waals surface area contributed by atoms with Gasteiger partial charge in [0.25, 0.3) is 0 Å². The van der Waals surface area contributed by atoms with Gasteiger partial charge in [-0.25, -0.2) is 4.57 Å². The van der Waals surface area contributed by atoms with Crippen molar-refractivity contribution < 1.29 is 42.7 Å². The first-order valence-corrected chi connectivity index (χ1v) is 18.6. The molecule has 0 aromatic heterocycles. The zero-order valence-corrected chi connectivity index (χ0v) is 28.0. The molecule has 0 bridgehead atoms. The van der Waals surface area contributed by atoms with Crippen LogP contribution in [0.1, 0.15) is 155 Å². The van der Waals surface area contributed by atoms with Crippen molar-refractivity contribution in [2.75, 3.05) is 13.2 Å². The molecule has 1 aliphatic heterocycles. The number of unbranched alkanes of at least 4 members (excludes halogenated alkanes) is 15. The van der Waals surface area contributed by atoms with Crippen LogP contribution in [0.4, 0.5) is 0 Å². The summed E-state index contributed by atoms with van der Waals surface area (Å²) < 4.78 is 31.9. The van der Waals surface area contributed by atoms with Gasteiger partial charge in [-0.05, 0) is 38.5 Å². The first-order valence-electron chi connectivity index (χ1n) is 17.1. The Morgan fingerprint density at radius 3 is 1.91 bits per heavy atom. The summed E-state index contributed by atoms with van der Waals surface area (Å²) in [5, 5.41) is 0. The molecule has 1 saturated heterocycles. The monoisotopic (exact) mass is 632 g/mol. The number of carbonyl (C=O) groups excluding carboxylic acids is 2. The molecule has 0 aromatic carbocycles. The number of esters is 2. The third kappa shape index (κ3) is 25.7. The van der Waals surface area contributed by atoms with E-state index in [2.05, 4.69) is 30.5 Å². The van der Waals surface area contributed by atoms with E-state index in [1.807, 2.05) is 0 Å². The average Bonchev–Trinajstić information content (AvgIpc) is 3.72. The van der Waals surface area contributed by atoms with E-state index < -0.39 is 32.5 Å². The fourth-order valence-corrected chi connectivity index (χ4v) is 5.39. The van der Waals surface area contributed by atoms with Crippen LogP contribution in [0.3, 0.4) is 0 Å². The first kappa shape index (κ1) is 39.8. The Balaban J connectivity index is 2.13. The summed E-state index contributed by atoms with van der Waals surface area (Å²) in [5.41, 5.74) is 0. The molecule has 1 aliphatic rings. The summed E-state index contributed by atoms with van der Waals surface area (Å²) in [6.45, 7) is 3.59. The molecule has 2 unspecified atom stereocenters. The third-order valence-corrected chi connectivity index (χ3v) is 8.19. The second kappa shape index (κ2) is 26.0. The van der Waals surface area contributed by atoms with Crippen LogP contribution in [0.15, 0.2) is 12.2 Å². The summed E-state index contributed by atoms with van der Waals surface area (Å²) in [5.74, 6) is -0.909. The molecule has 10 heteroatoms. The van der Waals surface area contributed by atoms with Gasteiger partial charge in [-0.15, -0.1) is 0 Å². The van der Waals surface area contributed by atoms with Crippen LogP contribution in [0.5, 0.6) is 0 Å². The highest BCUT2D eigenvalue weighted by atomic mass is 31.2. The second-order valence-electron chi connectivity index (χ2n) is 11.9. The number of rotatable bonds is 30. The first-order chi connectivity index (χ1) is 20.7. The zero-order chi connectivity index (χ0) is 31.6. The van der Waals surface area contributed by atoms with E-state index in [1.54, 1.807) is 0 Å². The lowest BCUT2D eigenvalue weighted by Gasteiger charge is -2.18. The molecule has 9 nitrogen and oxygen atoms in total. The van der Waals surface area contributed by atoms with Crippen LogP contribution in [0.25, 0.3) is 0 Å². The number of hydrogen-bond acceptors (Lipinski definition) is 7. The lowest BCUT2D eigenvalue weighted by atomic mass is 10.1. The molecule has 0 radical (unpaired) electrons. The number of ether oxygens (including phenoxy) is 3. The van der Waals surface area contributed by atoms with Gasteiger partial charge in [0.2, 0.25) is 0 Å². The Kier molecular flexibility index (Phi) is 24.1. The summed E-state index contributed by atoms with van der Waals surface area (Å²) in [6, 6.07) is 0. The van der Waals surface area contributed by atoms with E-state index >= 15 is 0 Å². The van der Waals surface area contributed by atoms with Gasteiger partial charge in [-0.1, -0.05) is 116 Å². The predicted molar refractivity (Wildman–Crippen MR) is 170 cm³/mol. The van der Waals surface area contributed by atoms with E-state index in [0.717, 1.165) is 64.2 Å². The second-order valence-corrected chi connectivity index (χ2v) is 13.1. The number of phosphoric ester groups is 1. The summed E-state index contributed by atoms with van der Waals surface area (Å²) in [7, 11) is -4.75. The number of allylic oxidation sites excluding steroid dienone is 1. The standard InChI is InChI=1S/C33H61O9P/c1-3-5-7-9-11-12-13-17-21-25-32(34)39-27-29(28-40-43(36,37)38)41-33(35)26-22-18-14-16-20-24-31-30(42-31)23-19-15-10-8-6-4-2/h15,19,29-31H,3-14,16-18,20-28H2,1-2H3,(H2,36,37,38)/b19-15-/t29-,30?,31?/m1/s1. The van der Waals surface area contributed by atoms with Crippen LogP contribution in [0, 0.1) is 0 Å². The van der Waals surface area contributed by atoms with E-state index in [9.17, 15) is 14.2 Å². The summed E-state index contributed by atoms with van der Waals surface area (Å²) in [6.07, 6.45) is 26.8. The Bertz CT molecular complexity index is 782. The number of hydrogen-bond donors (Lipinski definition) is 2. The van der Waals surface area contributed by atoms with Gasteiger partial charge >= 0.3 is 19.8 Å². The molecule has 1 heterocycles. The molecule has 0 amide bonds. The van der Waals surface area contributed by atoms with Gasteiger partial charge in [-0.3, -0.25) is 14.1 Å². The van der Waals surface area contributed by atoms with Crippen LogP contribution < -0.4 is 0 Å². The van der Waals surface area contributed by atoms with Crippen molar-refractivity contribution in [3.05, 3.63) is 12.2 Å². The van der Waals surface area contributed by atoms with E-state index in [1.165, 1.54) is 57.8 Å². The van der Waals surface area contributed by atoms with Crippen LogP contribution in [0.2, 0.25) is 0 Å². The molecule has 3 atom stereocenters. The minimum atomic E-state index is -4.75. The quantitative estimate of drug-likeness (QED) is 0.0263. The average molecular weight is 633 g/mol. The molecular formula is C33H61O9P. The fraction of sp³-hybridized carbons (Fsp3) is 0.879. The van der Waals surface area contributed by atoms with E-state index in [0.29, 0.717) is 18.6 Å². The van der Waals surface area contributed by atoms with Crippen LogP contribution in [-0.2, 0) is 32.9 Å². The lowest BCUT2D eigenvalue weighted by molar-refractivity contribution is -0.161. The van der Waals surface area contributed by atoms with Gasteiger partial charge in [-0.2, -0.15) is 0 Å². The smallest absolute Gasteiger partial charge is 0.462 e. The third-order valence-electron chi connectivity index (χ3n) is 7.71. The number of epoxide rings is 1. The molecule has 2 N–H and O–H groups in total. The summed E-state index contributed by atoms with van der Waals surface area (Å²) in [4.78, 5) is 42.5. The minimum Gasteiger partial charge on any atom is -0.462 e. The summed E-state index contributed by atoms with van der Waals surface area (Å²) >= 11 is 0. The maximum Gasteiger partial charge on any atom is 0.469 e. The Morgan fingerprint density at radius 2 is 1.28 bits per heavy atom. The molecule has 0 spiro atoms. The van der Waals surface area contributed by atoms with Crippen molar-refractivity contribution in [2.45, 2.75) is 173 Å². The number of carbonyl (C=O) groups is 2. The molecule has 1 rings (SSSR count). The van der Waals surface area contributed by atoms with Gasteiger partial charge in [0.15, 0.2) is 6.10 Å². The molecule has 252 valence electrons. The van der Waals surface area contributed by atoms with Crippen molar-refractivity contribution in [2.24, 2.45) is 0 Å². The Morgan fingerprint density at radius 1 is 0.721 bits per heavy atom. The highest BCUT2D eigenvalue weighted by Crippen LogP contribution is 2.36. The van der Waals surface area contributed by atoms with Crippen LogP contribution in [-0.4, -0.2) is 53.3 Å². The topological polar surface area (TPSA) is 132 Å². The largest absolute Gasteiger partial charge is 0.469 e. The van der Waals surface area contributed by atoms with Crippen molar-refractivity contribution in [3.63, 3.8) is 0 Å². The highest BCUT2D eigenvalue weighted by molar-refractivity contribution is 7.46. The lowest BCUT2D eigenvalue weighted by Crippen LogP contribution is -2.29. The molecule has 0 aromatic rings. The van der Waals surface area contributed by atoms with Crippen molar-refractivity contribution in [1.29, 1.82) is 0 Å². The SMILES string of the molecule is CCCCC/C=C\CC1OC1CCCCCCCC(=O)O[C@H](COC(=O)CCCCCCCCCCC)COP(=O)(O)O. The van der Waals surface area contributed by atoms with Crippen molar-refractivity contribution >= 4 is 19.8 Å². The van der Waals surface area contributed by atoms with Crippen molar-refractivity contribution in [3.8, 4) is 0 Å². The van der Waals surface area contributed by atoms with Gasteiger partial charge in [0.1, 0.15) is 6.61 Å². The highest BCUT2D eigenvalue weighted by Gasteiger charge is 2.36. The maximum atomic E-state index is 12.3. The van der Waals surface area contributed by atoms with E-state index in [4.69, 9.17) is 24.0 Å². The Labute approximate surface area is 261 Å². The molecular weight excluding hydrogens is 571 g/mol. The molecule has 0 saturated carbocycles. The molecule has 0 aliphatic carbocycles. The van der Waals surface area contributed by atoms with Crippen molar-refractivity contribution in [1.82, 2.24) is 0 Å². The Hall–Kier alpha value is -1.25. The van der Waals surface area contributed by atoms with Gasteiger partial charge in [0.05, 0.1) is 18.8 Å². The van der Waals surface area contributed by atoms with Gasteiger partial charge < -0.3 is 24.0 Å². The minimum absolute atomic E-state index is 0.192. The molecule has 43 heavy (non-hydrogen) atoms. The zero-order valence-electron chi connectivity index (χ0n) is 27.1. The predicted octanol–water partition coefficient (Wildman–Crippen LogP) is 8.50. The van der Waals surface area contributed by atoms with Gasteiger partial charge in [0, 0.05) is 12.8 Å². The van der Waals surface area contributed by atoms with E-state index in [-0.39, 0.29) is 19.4 Å². The number of phosphoric acid groups is 1. The maximum absolute atomic E-state index is 12.3. The van der Waals surface area contributed by atoms with Crippen LogP contribution >= 0.6 is 7.82 Å². The normalized spacial score (nSPS) is 17.3. The molecule has 1 fully saturated rings.